The second-order valence-corrected chi connectivity index (χ2v) is 5.70. The molecule has 1 unspecified atom stereocenters. The number of rotatable bonds is 5. The van der Waals surface area contributed by atoms with E-state index in [2.05, 4.69) is 26.1 Å². The average molecular weight is 343 g/mol. The Morgan fingerprint density at radius 1 is 1.45 bits per heavy atom. The first-order valence-corrected chi connectivity index (χ1v) is 7.46. The summed E-state index contributed by atoms with van der Waals surface area (Å²) >= 11 is 3.33. The summed E-state index contributed by atoms with van der Waals surface area (Å²) in [4.78, 5) is 14.1. The fraction of sp³-hybridized carbons (Fsp3) is 0.500. The number of hydrogen-bond acceptors (Lipinski definition) is 4. The predicted octanol–water partition coefficient (Wildman–Crippen LogP) is 0.872. The number of amides is 1. The van der Waals surface area contributed by atoms with Crippen molar-refractivity contribution >= 4 is 21.8 Å². The van der Waals surface area contributed by atoms with E-state index in [4.69, 9.17) is 4.74 Å². The fourth-order valence-electron chi connectivity index (χ4n) is 2.09. The first-order chi connectivity index (χ1) is 9.65. The Bertz CT molecular complexity index is 450. The summed E-state index contributed by atoms with van der Waals surface area (Å²) in [5.41, 5.74) is 0.581. The van der Waals surface area contributed by atoms with Crippen molar-refractivity contribution in [2.24, 2.45) is 0 Å². The van der Waals surface area contributed by atoms with Gasteiger partial charge in [0, 0.05) is 36.2 Å². The molecule has 2 rings (SSSR count). The second kappa shape index (κ2) is 7.73. The first kappa shape index (κ1) is 15.4. The van der Waals surface area contributed by atoms with E-state index in [0.29, 0.717) is 25.3 Å². The van der Waals surface area contributed by atoms with E-state index in [0.717, 1.165) is 17.6 Å². The maximum absolute atomic E-state index is 11.9. The van der Waals surface area contributed by atoms with Gasteiger partial charge in [0.05, 0.1) is 19.3 Å². The van der Waals surface area contributed by atoms with Crippen LogP contribution in [0.5, 0.6) is 0 Å². The molecule has 1 atom stereocenters. The van der Waals surface area contributed by atoms with E-state index >= 15 is 0 Å². The molecule has 0 spiro atoms. The second-order valence-electron chi connectivity index (χ2n) is 4.79. The van der Waals surface area contributed by atoms with Crippen molar-refractivity contribution in [3.05, 3.63) is 34.3 Å². The van der Waals surface area contributed by atoms with Crippen molar-refractivity contribution in [3.8, 4) is 0 Å². The number of carbonyl (C=O) groups excluding carboxylic acids is 1. The summed E-state index contributed by atoms with van der Waals surface area (Å²) in [6.45, 7) is 3.88. The van der Waals surface area contributed by atoms with Crippen LogP contribution in [0.4, 0.5) is 0 Å². The number of halogens is 1. The average Bonchev–Trinajstić information content (AvgIpc) is 2.46. The van der Waals surface area contributed by atoms with Crippen LogP contribution in [0.25, 0.3) is 0 Å². The molecular formula is C14H19BrN2O3. The maximum Gasteiger partial charge on any atom is 0.251 e. The zero-order valence-corrected chi connectivity index (χ0v) is 12.8. The highest BCUT2D eigenvalue weighted by molar-refractivity contribution is 9.10. The molecule has 110 valence electrons. The summed E-state index contributed by atoms with van der Waals surface area (Å²) in [6.07, 6.45) is -0.566. The number of benzene rings is 1. The molecule has 1 heterocycles. The van der Waals surface area contributed by atoms with Crippen LogP contribution < -0.4 is 5.32 Å². The smallest absolute Gasteiger partial charge is 0.251 e. The molecule has 6 heteroatoms. The molecule has 0 saturated carbocycles. The predicted molar refractivity (Wildman–Crippen MR) is 79.7 cm³/mol. The number of β-amino-alcohol motifs (C(OH)–C–C–N with tert-alkyl or cyclic N) is 1. The Kier molecular flexibility index (Phi) is 5.97. The van der Waals surface area contributed by atoms with Gasteiger partial charge in [0.25, 0.3) is 5.91 Å². The van der Waals surface area contributed by atoms with Crippen molar-refractivity contribution in [1.29, 1.82) is 0 Å². The van der Waals surface area contributed by atoms with E-state index in [1.54, 1.807) is 12.1 Å². The summed E-state index contributed by atoms with van der Waals surface area (Å²) < 4.78 is 6.11. The van der Waals surface area contributed by atoms with Gasteiger partial charge in [0.2, 0.25) is 0 Å². The number of nitrogens with one attached hydrogen (secondary N) is 1. The van der Waals surface area contributed by atoms with E-state index in [1.165, 1.54) is 0 Å². The van der Waals surface area contributed by atoms with Crippen LogP contribution in [0, 0.1) is 0 Å². The molecule has 1 amide bonds. The molecule has 0 aromatic heterocycles. The molecule has 1 aromatic rings. The maximum atomic E-state index is 11.9. The van der Waals surface area contributed by atoms with Crippen LogP contribution in [-0.2, 0) is 4.74 Å². The van der Waals surface area contributed by atoms with Gasteiger partial charge in [-0.15, -0.1) is 0 Å². The lowest BCUT2D eigenvalue weighted by atomic mass is 10.2. The normalized spacial score (nSPS) is 17.7. The van der Waals surface area contributed by atoms with Gasteiger partial charge in [0.15, 0.2) is 0 Å². The summed E-state index contributed by atoms with van der Waals surface area (Å²) in [7, 11) is 0. The van der Waals surface area contributed by atoms with Gasteiger partial charge in [0.1, 0.15) is 0 Å². The Balaban J connectivity index is 1.75. The van der Waals surface area contributed by atoms with Crippen LogP contribution >= 0.6 is 15.9 Å². The quantitative estimate of drug-likeness (QED) is 0.833. The Hall–Kier alpha value is -0.950. The zero-order chi connectivity index (χ0) is 14.4. The molecule has 1 fully saturated rings. The molecule has 1 aromatic carbocycles. The van der Waals surface area contributed by atoms with Gasteiger partial charge in [-0.1, -0.05) is 22.0 Å². The third kappa shape index (κ3) is 4.86. The van der Waals surface area contributed by atoms with E-state index in [9.17, 15) is 9.90 Å². The number of aliphatic hydroxyl groups excluding tert-OH is 1. The molecule has 2 N–H and O–H groups in total. The van der Waals surface area contributed by atoms with Crippen molar-refractivity contribution in [1.82, 2.24) is 10.2 Å². The van der Waals surface area contributed by atoms with E-state index in [-0.39, 0.29) is 12.5 Å². The van der Waals surface area contributed by atoms with Crippen molar-refractivity contribution in [3.63, 3.8) is 0 Å². The highest BCUT2D eigenvalue weighted by Crippen LogP contribution is 2.11. The number of nitrogens with zero attached hydrogens (tertiary/aromatic N) is 1. The highest BCUT2D eigenvalue weighted by atomic mass is 79.9. The lowest BCUT2D eigenvalue weighted by Crippen LogP contribution is -2.44. The monoisotopic (exact) mass is 342 g/mol. The number of aliphatic hydroxyl groups is 1. The lowest BCUT2D eigenvalue weighted by molar-refractivity contribution is 0.0149. The van der Waals surface area contributed by atoms with Gasteiger partial charge >= 0.3 is 0 Å². The summed E-state index contributed by atoms with van der Waals surface area (Å²) in [5.74, 6) is -0.174. The molecule has 1 aliphatic rings. The fourth-order valence-corrected chi connectivity index (χ4v) is 2.49. The van der Waals surface area contributed by atoms with Crippen molar-refractivity contribution in [2.75, 3.05) is 39.4 Å². The zero-order valence-electron chi connectivity index (χ0n) is 11.2. The molecule has 1 saturated heterocycles. The van der Waals surface area contributed by atoms with Crippen LogP contribution in [0.1, 0.15) is 10.4 Å². The standard InChI is InChI=1S/C14H19BrN2O3/c15-12-3-1-2-11(8-12)14(19)16-9-13(18)10-17-4-6-20-7-5-17/h1-3,8,13,18H,4-7,9-10H2,(H,16,19). The summed E-state index contributed by atoms with van der Waals surface area (Å²) in [5, 5.41) is 12.7. The minimum absolute atomic E-state index is 0.174. The third-order valence-electron chi connectivity index (χ3n) is 3.16. The first-order valence-electron chi connectivity index (χ1n) is 6.67. The third-order valence-corrected chi connectivity index (χ3v) is 3.65. The number of carbonyl (C=O) groups is 1. The van der Waals surface area contributed by atoms with Gasteiger partial charge in [-0.25, -0.2) is 0 Å². The topological polar surface area (TPSA) is 61.8 Å². The van der Waals surface area contributed by atoms with Crippen LogP contribution in [0.15, 0.2) is 28.7 Å². The van der Waals surface area contributed by atoms with Crippen molar-refractivity contribution < 1.29 is 14.6 Å². The van der Waals surface area contributed by atoms with Crippen LogP contribution in [0.3, 0.4) is 0 Å². The van der Waals surface area contributed by atoms with E-state index < -0.39 is 6.10 Å². The number of ether oxygens (including phenoxy) is 1. The molecule has 20 heavy (non-hydrogen) atoms. The largest absolute Gasteiger partial charge is 0.390 e. The van der Waals surface area contributed by atoms with Crippen molar-refractivity contribution in [2.45, 2.75) is 6.10 Å². The molecule has 0 radical (unpaired) electrons. The highest BCUT2D eigenvalue weighted by Gasteiger charge is 2.15. The van der Waals surface area contributed by atoms with Crippen LogP contribution in [0.2, 0.25) is 0 Å². The van der Waals surface area contributed by atoms with Gasteiger partial charge in [-0.2, -0.15) is 0 Å². The van der Waals surface area contributed by atoms with Gasteiger partial charge < -0.3 is 15.2 Å². The minimum Gasteiger partial charge on any atom is -0.390 e. The van der Waals surface area contributed by atoms with Crippen LogP contribution in [-0.4, -0.2) is 61.4 Å². The molecule has 1 aliphatic heterocycles. The van der Waals surface area contributed by atoms with Gasteiger partial charge in [-0.3, -0.25) is 9.69 Å². The SMILES string of the molecule is O=C(NCC(O)CN1CCOCC1)c1cccc(Br)c1. The Morgan fingerprint density at radius 2 is 2.20 bits per heavy atom. The Labute approximate surface area is 127 Å². The summed E-state index contributed by atoms with van der Waals surface area (Å²) in [6, 6.07) is 7.17. The molecule has 0 aliphatic carbocycles. The molecule has 5 nitrogen and oxygen atoms in total. The molecular weight excluding hydrogens is 324 g/mol. The van der Waals surface area contributed by atoms with Gasteiger partial charge in [-0.05, 0) is 18.2 Å². The lowest BCUT2D eigenvalue weighted by Gasteiger charge is -2.28. The number of morpholine rings is 1. The number of hydrogen-bond donors (Lipinski definition) is 2. The molecule has 0 bridgehead atoms. The Morgan fingerprint density at radius 3 is 2.90 bits per heavy atom. The minimum atomic E-state index is -0.566. The van der Waals surface area contributed by atoms with E-state index in [1.807, 2.05) is 12.1 Å².